The van der Waals surface area contributed by atoms with Crippen LogP contribution in [-0.2, 0) is 4.79 Å². The molecule has 0 bridgehead atoms. The number of aromatic hydroxyl groups is 1. The highest BCUT2D eigenvalue weighted by Crippen LogP contribution is 2.21. The third kappa shape index (κ3) is 3.22. The zero-order valence-corrected chi connectivity index (χ0v) is 9.71. The molecule has 0 aliphatic rings. The van der Waals surface area contributed by atoms with Crippen LogP contribution in [0.15, 0.2) is 60.7 Å². The fourth-order valence-corrected chi connectivity index (χ4v) is 1.49. The summed E-state index contributed by atoms with van der Waals surface area (Å²) >= 11 is 0. The predicted molar refractivity (Wildman–Crippen MR) is 72.2 cm³/mol. The molecule has 90 valence electrons. The van der Waals surface area contributed by atoms with Crippen LogP contribution in [0, 0.1) is 0 Å². The van der Waals surface area contributed by atoms with Crippen molar-refractivity contribution in [2.45, 2.75) is 0 Å². The van der Waals surface area contributed by atoms with Crippen molar-refractivity contribution in [3.63, 3.8) is 0 Å². The van der Waals surface area contributed by atoms with Crippen molar-refractivity contribution in [2.24, 2.45) is 0 Å². The van der Waals surface area contributed by atoms with E-state index in [4.69, 9.17) is 0 Å². The molecule has 0 heterocycles. The van der Waals surface area contributed by atoms with Gasteiger partial charge in [0, 0.05) is 6.08 Å². The number of phenolic OH excluding ortho intramolecular Hbond substituents is 1. The molecule has 18 heavy (non-hydrogen) atoms. The average molecular weight is 239 g/mol. The first kappa shape index (κ1) is 11.9. The molecule has 1 amide bonds. The Morgan fingerprint density at radius 2 is 1.67 bits per heavy atom. The summed E-state index contributed by atoms with van der Waals surface area (Å²) in [5.41, 5.74) is 1.35. The Hall–Kier alpha value is -2.55. The van der Waals surface area contributed by atoms with Gasteiger partial charge >= 0.3 is 0 Å². The number of hydrogen-bond acceptors (Lipinski definition) is 2. The van der Waals surface area contributed by atoms with Crippen molar-refractivity contribution in [1.29, 1.82) is 0 Å². The molecular formula is C15H13NO2. The summed E-state index contributed by atoms with van der Waals surface area (Å²) in [6.07, 6.45) is 3.15. The van der Waals surface area contributed by atoms with Crippen LogP contribution < -0.4 is 5.32 Å². The Morgan fingerprint density at radius 1 is 1.00 bits per heavy atom. The Kier molecular flexibility index (Phi) is 3.76. The van der Waals surface area contributed by atoms with E-state index in [0.29, 0.717) is 5.69 Å². The van der Waals surface area contributed by atoms with E-state index < -0.39 is 0 Å². The fraction of sp³-hybridized carbons (Fsp3) is 0. The third-order valence-electron chi connectivity index (χ3n) is 2.39. The molecule has 0 aromatic heterocycles. The van der Waals surface area contributed by atoms with Gasteiger partial charge in [-0.3, -0.25) is 4.79 Å². The number of anilines is 1. The maximum atomic E-state index is 11.6. The van der Waals surface area contributed by atoms with Gasteiger partial charge in [0.15, 0.2) is 0 Å². The van der Waals surface area contributed by atoms with Gasteiger partial charge < -0.3 is 10.4 Å². The van der Waals surface area contributed by atoms with Crippen molar-refractivity contribution in [1.82, 2.24) is 0 Å². The van der Waals surface area contributed by atoms with Crippen LogP contribution >= 0.6 is 0 Å². The van der Waals surface area contributed by atoms with Gasteiger partial charge in [-0.1, -0.05) is 42.5 Å². The van der Waals surface area contributed by atoms with Crippen molar-refractivity contribution in [3.05, 3.63) is 66.2 Å². The Morgan fingerprint density at radius 3 is 2.39 bits per heavy atom. The molecule has 0 saturated heterocycles. The first-order valence-corrected chi connectivity index (χ1v) is 5.58. The van der Waals surface area contributed by atoms with E-state index in [0.717, 1.165) is 5.56 Å². The summed E-state index contributed by atoms with van der Waals surface area (Å²) in [6, 6.07) is 16.1. The van der Waals surface area contributed by atoms with Crippen LogP contribution in [0.2, 0.25) is 0 Å². The highest BCUT2D eigenvalue weighted by Gasteiger charge is 2.01. The second-order valence-corrected chi connectivity index (χ2v) is 3.75. The van der Waals surface area contributed by atoms with Gasteiger partial charge in [0.1, 0.15) is 5.75 Å². The van der Waals surface area contributed by atoms with Crippen molar-refractivity contribution in [2.75, 3.05) is 5.32 Å². The summed E-state index contributed by atoms with van der Waals surface area (Å²) in [6.45, 7) is 0. The lowest BCUT2D eigenvalue weighted by molar-refractivity contribution is -0.111. The van der Waals surface area contributed by atoms with Crippen molar-refractivity contribution in [3.8, 4) is 5.75 Å². The second-order valence-electron chi connectivity index (χ2n) is 3.75. The quantitative estimate of drug-likeness (QED) is 0.639. The van der Waals surface area contributed by atoms with Crippen LogP contribution in [0.4, 0.5) is 5.69 Å². The maximum absolute atomic E-state index is 11.6. The lowest BCUT2D eigenvalue weighted by Crippen LogP contribution is -2.07. The number of phenols is 1. The Bertz CT molecular complexity index is 562. The largest absolute Gasteiger partial charge is 0.506 e. The molecule has 0 aliphatic carbocycles. The van der Waals surface area contributed by atoms with E-state index in [1.165, 1.54) is 12.1 Å². The minimum atomic E-state index is -0.277. The summed E-state index contributed by atoms with van der Waals surface area (Å²) in [7, 11) is 0. The van der Waals surface area contributed by atoms with Crippen LogP contribution in [0.5, 0.6) is 5.75 Å². The molecule has 0 atom stereocenters. The highest BCUT2D eigenvalue weighted by molar-refractivity contribution is 6.02. The average Bonchev–Trinajstić information content (AvgIpc) is 2.40. The standard InChI is InChI=1S/C15H13NO2/c17-14-9-5-4-8-13(14)16-15(18)11-10-12-6-2-1-3-7-12/h1-11,17H,(H,16,18)/b11-10-. The number of rotatable bonds is 3. The van der Waals surface area contributed by atoms with Crippen molar-refractivity contribution >= 4 is 17.7 Å². The maximum Gasteiger partial charge on any atom is 0.248 e. The van der Waals surface area contributed by atoms with Gasteiger partial charge in [-0.15, -0.1) is 0 Å². The van der Waals surface area contributed by atoms with Crippen LogP contribution in [0.1, 0.15) is 5.56 Å². The van der Waals surface area contributed by atoms with E-state index in [9.17, 15) is 9.90 Å². The molecule has 2 N–H and O–H groups in total. The predicted octanol–water partition coefficient (Wildman–Crippen LogP) is 3.04. The molecule has 0 spiro atoms. The number of carbonyl (C=O) groups is 1. The number of hydrogen-bond donors (Lipinski definition) is 2. The van der Waals surface area contributed by atoms with Gasteiger partial charge in [0.05, 0.1) is 5.69 Å². The van der Waals surface area contributed by atoms with Gasteiger partial charge in [-0.25, -0.2) is 0 Å². The Labute approximate surface area is 105 Å². The molecule has 2 aromatic rings. The summed E-state index contributed by atoms with van der Waals surface area (Å²) in [5, 5.41) is 12.1. The fourth-order valence-electron chi connectivity index (χ4n) is 1.49. The molecule has 3 heteroatoms. The third-order valence-corrected chi connectivity index (χ3v) is 2.39. The first-order chi connectivity index (χ1) is 8.75. The molecule has 0 unspecified atom stereocenters. The first-order valence-electron chi connectivity index (χ1n) is 5.58. The molecule has 0 radical (unpaired) electrons. The van der Waals surface area contributed by atoms with E-state index in [1.807, 2.05) is 30.3 Å². The van der Waals surface area contributed by atoms with Gasteiger partial charge in [0.2, 0.25) is 5.91 Å². The van der Waals surface area contributed by atoms with Crippen LogP contribution in [0.25, 0.3) is 6.08 Å². The SMILES string of the molecule is O=C(/C=C\c1ccccc1)Nc1ccccc1O. The Balaban J connectivity index is 2.02. The van der Waals surface area contributed by atoms with E-state index in [-0.39, 0.29) is 11.7 Å². The summed E-state index contributed by atoms with van der Waals surface area (Å²) < 4.78 is 0. The summed E-state index contributed by atoms with van der Waals surface area (Å²) in [4.78, 5) is 11.6. The normalized spacial score (nSPS) is 10.4. The minimum absolute atomic E-state index is 0.0546. The molecule has 0 saturated carbocycles. The zero-order valence-electron chi connectivity index (χ0n) is 9.71. The minimum Gasteiger partial charge on any atom is -0.506 e. The summed E-state index contributed by atoms with van der Waals surface area (Å²) in [5.74, 6) is -0.223. The van der Waals surface area contributed by atoms with E-state index >= 15 is 0 Å². The number of benzene rings is 2. The molecule has 0 fully saturated rings. The smallest absolute Gasteiger partial charge is 0.248 e. The van der Waals surface area contributed by atoms with Gasteiger partial charge in [-0.2, -0.15) is 0 Å². The zero-order chi connectivity index (χ0) is 12.8. The topological polar surface area (TPSA) is 49.3 Å². The lowest BCUT2D eigenvalue weighted by atomic mass is 10.2. The highest BCUT2D eigenvalue weighted by atomic mass is 16.3. The van der Waals surface area contributed by atoms with Crippen molar-refractivity contribution < 1.29 is 9.90 Å². The number of para-hydroxylation sites is 2. The molecular weight excluding hydrogens is 226 g/mol. The second kappa shape index (κ2) is 5.68. The molecule has 3 nitrogen and oxygen atoms in total. The monoisotopic (exact) mass is 239 g/mol. The number of carbonyl (C=O) groups excluding carboxylic acids is 1. The molecule has 2 aromatic carbocycles. The van der Waals surface area contributed by atoms with Crippen LogP contribution in [-0.4, -0.2) is 11.0 Å². The number of nitrogens with one attached hydrogen (secondary N) is 1. The van der Waals surface area contributed by atoms with Crippen LogP contribution in [0.3, 0.4) is 0 Å². The molecule has 2 rings (SSSR count). The van der Waals surface area contributed by atoms with E-state index in [2.05, 4.69) is 5.32 Å². The number of amides is 1. The van der Waals surface area contributed by atoms with E-state index in [1.54, 1.807) is 24.3 Å². The van der Waals surface area contributed by atoms with Gasteiger partial charge in [-0.05, 0) is 23.8 Å². The molecule has 0 aliphatic heterocycles. The lowest BCUT2D eigenvalue weighted by Gasteiger charge is -2.03. The van der Waals surface area contributed by atoms with Gasteiger partial charge in [0.25, 0.3) is 0 Å².